The van der Waals surface area contributed by atoms with E-state index in [9.17, 15) is 50.4 Å². The van der Waals surface area contributed by atoms with Crippen molar-refractivity contribution in [3.05, 3.63) is 0 Å². The van der Waals surface area contributed by atoms with Crippen molar-refractivity contribution in [2.45, 2.75) is 90.9 Å². The minimum Gasteiger partial charge on any atom is 2.00 e. The second-order valence-electron chi connectivity index (χ2n) is 6.45. The molecule has 0 aromatic heterocycles. The monoisotopic (exact) mass is 543 g/mol. The molecule has 0 nitrogen and oxygen atoms in total. The van der Waals surface area contributed by atoms with Crippen LogP contribution >= 0.6 is 15.6 Å². The molecule has 0 aromatic rings. The van der Waals surface area contributed by atoms with Crippen molar-refractivity contribution < 1.29 is 67.4 Å². The van der Waals surface area contributed by atoms with E-state index < -0.39 is 15.6 Å². The average molecular weight is 543 g/mol. The van der Waals surface area contributed by atoms with Gasteiger partial charge in [0.1, 0.15) is 0 Å². The third-order valence-corrected chi connectivity index (χ3v) is 2.96. The molecular weight excluding hydrogens is 513 g/mol. The van der Waals surface area contributed by atoms with E-state index in [1.165, 1.54) is 77.0 Å². The normalized spacial score (nSPS) is 16.3. The molecule has 0 aliphatic carbocycles. The van der Waals surface area contributed by atoms with Gasteiger partial charge in [0, 0.05) is 0 Å². The average Bonchev–Trinajstić information content (AvgIpc) is 2.34. The summed E-state index contributed by atoms with van der Waals surface area (Å²) < 4.78 is 118. The molecule has 1 radical (unpaired) electrons. The Labute approximate surface area is 174 Å². The molecule has 0 aromatic carbocycles. The summed E-state index contributed by atoms with van der Waals surface area (Å²) in [6.45, 7) is 4.57. The number of halogens is 12. The molecule has 0 unspecified atom stereocenters. The summed E-state index contributed by atoms with van der Waals surface area (Å²) in [6, 6.07) is 0. The van der Waals surface area contributed by atoms with Crippen molar-refractivity contribution in [2.75, 3.05) is 0 Å². The first-order chi connectivity index (χ1) is 11.8. The fraction of sp³-hybridized carbons (Fsp3) is 1.00. The van der Waals surface area contributed by atoms with Gasteiger partial charge in [-0.2, -0.15) is 0 Å². The van der Waals surface area contributed by atoms with Gasteiger partial charge in [-0.25, -0.2) is 0 Å². The van der Waals surface area contributed by atoms with Gasteiger partial charge in [-0.05, 0) is 0 Å². The Morgan fingerprint density at radius 3 is 0.552 bits per heavy atom. The Balaban J connectivity index is -0.000000177. The van der Waals surface area contributed by atoms with Crippen LogP contribution in [-0.4, -0.2) is 0 Å². The van der Waals surface area contributed by atoms with E-state index in [-0.39, 0.29) is 17.1 Å². The van der Waals surface area contributed by atoms with Crippen LogP contribution in [0.4, 0.5) is 50.4 Å². The SMILES string of the molecule is CCCCCCCCCCCCCC.F[P-](F)(F)(F)(F)F.F[P-](F)(F)(F)(F)F.[Mn+2]. The van der Waals surface area contributed by atoms with Crippen LogP contribution in [0.15, 0.2) is 0 Å². The summed E-state index contributed by atoms with van der Waals surface area (Å²) in [5.41, 5.74) is 0. The predicted molar refractivity (Wildman–Crippen MR) is 93.9 cm³/mol. The van der Waals surface area contributed by atoms with E-state index in [1.807, 2.05) is 0 Å². The summed E-state index contributed by atoms with van der Waals surface area (Å²) >= 11 is 0. The Morgan fingerprint density at radius 1 is 0.345 bits per heavy atom. The zero-order valence-corrected chi connectivity index (χ0v) is 19.3. The Hall–Kier alpha value is 0.539. The van der Waals surface area contributed by atoms with Gasteiger partial charge in [-0.1, -0.05) is 90.9 Å². The molecule has 0 rings (SSSR count). The molecule has 29 heavy (non-hydrogen) atoms. The van der Waals surface area contributed by atoms with Crippen molar-refractivity contribution in [2.24, 2.45) is 0 Å². The number of hydrogen-bond donors (Lipinski definition) is 0. The fourth-order valence-corrected chi connectivity index (χ4v) is 1.91. The van der Waals surface area contributed by atoms with Crippen molar-refractivity contribution in [3.8, 4) is 0 Å². The van der Waals surface area contributed by atoms with Gasteiger partial charge < -0.3 is 0 Å². The van der Waals surface area contributed by atoms with E-state index in [1.54, 1.807) is 0 Å². The van der Waals surface area contributed by atoms with Gasteiger partial charge >= 0.3 is 83.0 Å². The summed E-state index contributed by atoms with van der Waals surface area (Å²) in [7, 11) is -21.3. The Kier molecular flexibility index (Phi) is 15.2. The first-order valence-electron chi connectivity index (χ1n) is 8.94. The van der Waals surface area contributed by atoms with Crippen molar-refractivity contribution >= 4 is 15.6 Å². The first-order valence-corrected chi connectivity index (χ1v) is 13.0. The van der Waals surface area contributed by atoms with Crippen molar-refractivity contribution in [1.29, 1.82) is 0 Å². The Morgan fingerprint density at radius 2 is 0.448 bits per heavy atom. The van der Waals surface area contributed by atoms with Gasteiger partial charge in [-0.3, -0.25) is 0 Å². The molecule has 0 fully saturated rings. The molecule has 0 aliphatic heterocycles. The maximum absolute atomic E-state index is 10.7. The molecule has 0 spiro atoms. The number of rotatable bonds is 11. The number of hydrogen-bond acceptors (Lipinski definition) is 0. The van der Waals surface area contributed by atoms with Crippen molar-refractivity contribution in [1.82, 2.24) is 0 Å². The van der Waals surface area contributed by atoms with E-state index >= 15 is 0 Å². The van der Waals surface area contributed by atoms with Crippen LogP contribution < -0.4 is 0 Å². The quantitative estimate of drug-likeness (QED) is 0.105. The topological polar surface area (TPSA) is 0 Å². The molecule has 0 aliphatic rings. The minimum atomic E-state index is -10.7. The van der Waals surface area contributed by atoms with Crippen LogP contribution in [-0.2, 0) is 17.1 Å². The summed E-state index contributed by atoms with van der Waals surface area (Å²) in [6.07, 6.45) is 17.4. The third kappa shape index (κ3) is 151. The standard InChI is InChI=1S/C14H30.2F6P.Mn/c1-3-5-7-9-11-13-14-12-10-8-6-4-2;2*1-7(2,3,4,5)6;/h3-14H2,1-2H3;;;/q;2*-1;+2. The van der Waals surface area contributed by atoms with Gasteiger partial charge in [-0.15, -0.1) is 0 Å². The summed E-state index contributed by atoms with van der Waals surface area (Å²) in [5.74, 6) is 0. The van der Waals surface area contributed by atoms with Gasteiger partial charge in [0.15, 0.2) is 0 Å². The van der Waals surface area contributed by atoms with Gasteiger partial charge in [0.05, 0.1) is 0 Å². The predicted octanol–water partition coefficient (Wildman–Crippen LogP) is 12.5. The molecule has 0 bridgehead atoms. The minimum absolute atomic E-state index is 0. The summed E-state index contributed by atoms with van der Waals surface area (Å²) in [4.78, 5) is 0. The molecule has 15 heteroatoms. The molecule has 0 heterocycles. The molecule has 0 amide bonds. The first kappa shape index (κ1) is 36.9. The van der Waals surface area contributed by atoms with Gasteiger partial charge in [0.25, 0.3) is 0 Å². The van der Waals surface area contributed by atoms with Crippen LogP contribution in [0.3, 0.4) is 0 Å². The van der Waals surface area contributed by atoms with Crippen molar-refractivity contribution in [3.63, 3.8) is 0 Å². The largest absolute Gasteiger partial charge is 2.00 e. The maximum atomic E-state index is 9.87. The zero-order chi connectivity index (χ0) is 23.3. The van der Waals surface area contributed by atoms with Crippen LogP contribution in [0.2, 0.25) is 0 Å². The van der Waals surface area contributed by atoms with Crippen LogP contribution in [0, 0.1) is 0 Å². The smallest absolute Gasteiger partial charge is 2.00 e. The number of unbranched alkanes of at least 4 members (excludes halogenated alkanes) is 11. The van der Waals surface area contributed by atoms with Crippen LogP contribution in [0.25, 0.3) is 0 Å². The Bertz CT molecular complexity index is 336. The van der Waals surface area contributed by atoms with Crippen LogP contribution in [0.5, 0.6) is 0 Å². The third-order valence-electron chi connectivity index (χ3n) is 2.96. The van der Waals surface area contributed by atoms with E-state index in [0.29, 0.717) is 0 Å². The van der Waals surface area contributed by atoms with E-state index in [2.05, 4.69) is 13.8 Å². The van der Waals surface area contributed by atoms with Gasteiger partial charge in [0.2, 0.25) is 0 Å². The maximum Gasteiger partial charge on any atom is 2.00 e. The molecule has 0 atom stereocenters. The second-order valence-corrected chi connectivity index (χ2v) is 10.3. The molecule has 0 saturated heterocycles. The molecular formula is C14H30F12MnP2. The molecule has 0 N–H and O–H groups in total. The molecule has 187 valence electrons. The zero-order valence-electron chi connectivity index (χ0n) is 16.3. The van der Waals surface area contributed by atoms with E-state index in [0.717, 1.165) is 0 Å². The van der Waals surface area contributed by atoms with E-state index in [4.69, 9.17) is 0 Å². The second kappa shape index (κ2) is 12.0. The van der Waals surface area contributed by atoms with Crippen LogP contribution in [0.1, 0.15) is 90.9 Å². The fourth-order valence-electron chi connectivity index (χ4n) is 1.91. The molecule has 0 saturated carbocycles. The summed E-state index contributed by atoms with van der Waals surface area (Å²) in [5, 5.41) is 0.